The number of cyclic esters (lactones) is 1. The van der Waals surface area contributed by atoms with Crippen LogP contribution in [0.3, 0.4) is 0 Å². The second kappa shape index (κ2) is 6.69. The molecule has 0 bridgehead atoms. The third-order valence-corrected chi connectivity index (χ3v) is 4.23. The molecular weight excluding hydrogens is 316 g/mol. The zero-order valence-corrected chi connectivity index (χ0v) is 13.5. The number of allylic oxidation sites excluding steroid dienone is 3. The van der Waals surface area contributed by atoms with E-state index in [1.54, 1.807) is 30.4 Å². The van der Waals surface area contributed by atoms with Crippen molar-refractivity contribution in [3.8, 4) is 0 Å². The number of ether oxygens (including phenoxy) is 2. The molecule has 0 spiro atoms. The Morgan fingerprint density at radius 2 is 2.04 bits per heavy atom. The predicted octanol–water partition coefficient (Wildman–Crippen LogP) is 3.28. The quantitative estimate of drug-likeness (QED) is 0.540. The second-order valence-electron chi connectivity index (χ2n) is 5.74. The highest BCUT2D eigenvalue weighted by Crippen LogP contribution is 2.29. The number of ketones is 1. The molecule has 0 radical (unpaired) electrons. The van der Waals surface area contributed by atoms with Gasteiger partial charge >= 0.3 is 5.97 Å². The van der Waals surface area contributed by atoms with Crippen LogP contribution in [0.1, 0.15) is 29.3 Å². The van der Waals surface area contributed by atoms with Crippen molar-refractivity contribution in [2.45, 2.75) is 38.1 Å². The first-order valence-electron chi connectivity index (χ1n) is 7.56. The Hall–Kier alpha value is -1.91. The summed E-state index contributed by atoms with van der Waals surface area (Å²) < 4.78 is 11.0. The number of hydrogen-bond donors (Lipinski definition) is 0. The van der Waals surface area contributed by atoms with Gasteiger partial charge in [0.05, 0.1) is 11.7 Å². The van der Waals surface area contributed by atoms with Crippen molar-refractivity contribution >= 4 is 23.4 Å². The molecule has 23 heavy (non-hydrogen) atoms. The number of halogens is 1. The maximum absolute atomic E-state index is 12.4. The standard InChI is InChI=1S/C18H17ClO4/c1-11-9-17-16(23-17)8-3-2-5-12(20)10-14-13(18(21)22-11)6-4-7-15(14)19/h2-8,11,16-17H,9-10H2,1H3/b5-2+,8-3-. The van der Waals surface area contributed by atoms with E-state index in [1.165, 1.54) is 6.08 Å². The van der Waals surface area contributed by atoms with Gasteiger partial charge in [-0.2, -0.15) is 0 Å². The summed E-state index contributed by atoms with van der Waals surface area (Å²) in [6.45, 7) is 1.83. The molecule has 0 N–H and O–H groups in total. The van der Waals surface area contributed by atoms with E-state index >= 15 is 0 Å². The molecule has 3 rings (SSSR count). The lowest BCUT2D eigenvalue weighted by molar-refractivity contribution is -0.114. The minimum atomic E-state index is -0.461. The molecule has 0 saturated carbocycles. The van der Waals surface area contributed by atoms with Crippen LogP contribution in [0, 0.1) is 0 Å². The van der Waals surface area contributed by atoms with E-state index in [0.29, 0.717) is 22.6 Å². The molecule has 1 saturated heterocycles. The summed E-state index contributed by atoms with van der Waals surface area (Å²) in [4.78, 5) is 24.5. The topological polar surface area (TPSA) is 55.9 Å². The number of fused-ring (bicyclic) bond motifs is 2. The minimum absolute atomic E-state index is 0.0283. The molecule has 0 amide bonds. The van der Waals surface area contributed by atoms with Gasteiger partial charge in [0, 0.05) is 17.9 Å². The fraction of sp³-hybridized carbons (Fsp3) is 0.333. The minimum Gasteiger partial charge on any atom is -0.459 e. The Morgan fingerprint density at radius 1 is 1.22 bits per heavy atom. The second-order valence-corrected chi connectivity index (χ2v) is 6.15. The largest absolute Gasteiger partial charge is 0.459 e. The number of rotatable bonds is 0. The van der Waals surface area contributed by atoms with Crippen molar-refractivity contribution in [3.05, 3.63) is 58.7 Å². The summed E-state index contributed by atoms with van der Waals surface area (Å²) >= 11 is 6.17. The van der Waals surface area contributed by atoms with E-state index in [2.05, 4.69) is 0 Å². The molecule has 3 unspecified atom stereocenters. The molecule has 120 valence electrons. The van der Waals surface area contributed by atoms with Crippen molar-refractivity contribution < 1.29 is 19.1 Å². The molecule has 3 atom stereocenters. The zero-order valence-electron chi connectivity index (χ0n) is 12.7. The first-order chi connectivity index (χ1) is 11.0. The molecule has 0 aromatic heterocycles. The molecule has 5 heteroatoms. The molecule has 2 aliphatic rings. The van der Waals surface area contributed by atoms with Gasteiger partial charge in [0.25, 0.3) is 0 Å². The molecular formula is C18H17ClO4. The fourth-order valence-corrected chi connectivity index (χ4v) is 2.88. The highest BCUT2D eigenvalue weighted by Gasteiger charge is 2.38. The first-order valence-corrected chi connectivity index (χ1v) is 7.94. The Balaban J connectivity index is 1.92. The molecule has 4 nitrogen and oxygen atoms in total. The number of epoxide rings is 1. The van der Waals surface area contributed by atoms with Crippen LogP contribution in [0.4, 0.5) is 0 Å². The van der Waals surface area contributed by atoms with Gasteiger partial charge in [-0.3, -0.25) is 4.79 Å². The number of esters is 1. The fourth-order valence-electron chi connectivity index (χ4n) is 2.64. The Labute approximate surface area is 139 Å². The SMILES string of the molecule is CC1CC2OC2/C=C\C=C\C(=O)Cc2c(Cl)cccc2C(=O)O1. The van der Waals surface area contributed by atoms with E-state index in [1.807, 2.05) is 13.0 Å². The van der Waals surface area contributed by atoms with Gasteiger partial charge in [0.2, 0.25) is 0 Å². The molecule has 1 aromatic rings. The summed E-state index contributed by atoms with van der Waals surface area (Å²) in [5, 5.41) is 0.391. The van der Waals surface area contributed by atoms with Gasteiger partial charge in [-0.25, -0.2) is 4.79 Å². The zero-order chi connectivity index (χ0) is 16.4. The lowest BCUT2D eigenvalue weighted by Gasteiger charge is -2.15. The van der Waals surface area contributed by atoms with Crippen LogP contribution in [0.25, 0.3) is 0 Å². The lowest BCUT2D eigenvalue weighted by atomic mass is 10.0. The smallest absolute Gasteiger partial charge is 0.338 e. The van der Waals surface area contributed by atoms with Crippen LogP contribution in [-0.4, -0.2) is 30.1 Å². The predicted molar refractivity (Wildman–Crippen MR) is 86.6 cm³/mol. The highest BCUT2D eigenvalue weighted by atomic mass is 35.5. The number of hydrogen-bond acceptors (Lipinski definition) is 4. The van der Waals surface area contributed by atoms with E-state index < -0.39 is 5.97 Å². The monoisotopic (exact) mass is 332 g/mol. The molecule has 0 aliphatic carbocycles. The normalized spacial score (nSPS) is 30.4. The Kier molecular flexibility index (Phi) is 4.64. The first kappa shape index (κ1) is 16.0. The highest BCUT2D eigenvalue weighted by molar-refractivity contribution is 6.32. The molecule has 1 fully saturated rings. The molecule has 1 aromatic carbocycles. The van der Waals surface area contributed by atoms with Gasteiger partial charge in [0.15, 0.2) is 5.78 Å². The van der Waals surface area contributed by atoms with E-state index in [0.717, 1.165) is 0 Å². The van der Waals surface area contributed by atoms with Crippen molar-refractivity contribution in [3.63, 3.8) is 0 Å². The van der Waals surface area contributed by atoms with E-state index in [4.69, 9.17) is 21.1 Å². The maximum atomic E-state index is 12.4. The number of carbonyl (C=O) groups excluding carboxylic acids is 2. The third kappa shape index (κ3) is 3.89. The Bertz CT molecular complexity index is 692. The van der Waals surface area contributed by atoms with Crippen molar-refractivity contribution in [1.29, 1.82) is 0 Å². The van der Waals surface area contributed by atoms with Gasteiger partial charge in [-0.15, -0.1) is 0 Å². The van der Waals surface area contributed by atoms with E-state index in [-0.39, 0.29) is 30.5 Å². The lowest BCUT2D eigenvalue weighted by Crippen LogP contribution is -2.19. The summed E-state index contributed by atoms with van der Waals surface area (Å²) in [5.41, 5.74) is 0.842. The van der Waals surface area contributed by atoms with Crippen LogP contribution in [0.5, 0.6) is 0 Å². The van der Waals surface area contributed by atoms with Crippen molar-refractivity contribution in [2.75, 3.05) is 0 Å². The van der Waals surface area contributed by atoms with Crippen molar-refractivity contribution in [2.24, 2.45) is 0 Å². The third-order valence-electron chi connectivity index (χ3n) is 3.88. The van der Waals surface area contributed by atoms with E-state index in [9.17, 15) is 9.59 Å². The van der Waals surface area contributed by atoms with Crippen LogP contribution in [-0.2, 0) is 20.7 Å². The van der Waals surface area contributed by atoms with Gasteiger partial charge in [-0.05, 0) is 30.7 Å². The van der Waals surface area contributed by atoms with Gasteiger partial charge < -0.3 is 9.47 Å². The Morgan fingerprint density at radius 3 is 2.87 bits per heavy atom. The number of carbonyl (C=O) groups is 2. The summed E-state index contributed by atoms with van der Waals surface area (Å²) in [6.07, 6.45) is 7.37. The summed E-state index contributed by atoms with van der Waals surface area (Å²) in [6, 6.07) is 4.98. The maximum Gasteiger partial charge on any atom is 0.338 e. The van der Waals surface area contributed by atoms with Gasteiger partial charge in [-0.1, -0.05) is 35.9 Å². The molecule has 2 aliphatic heterocycles. The average Bonchev–Trinajstić information content (AvgIpc) is 3.22. The summed E-state index contributed by atoms with van der Waals surface area (Å²) in [5.74, 6) is -0.591. The van der Waals surface area contributed by atoms with Crippen molar-refractivity contribution in [1.82, 2.24) is 0 Å². The number of benzene rings is 1. The van der Waals surface area contributed by atoms with Crippen LogP contribution in [0.15, 0.2) is 42.5 Å². The summed E-state index contributed by atoms with van der Waals surface area (Å²) in [7, 11) is 0. The average molecular weight is 333 g/mol. The van der Waals surface area contributed by atoms with Crippen LogP contribution < -0.4 is 0 Å². The van der Waals surface area contributed by atoms with Crippen LogP contribution in [0.2, 0.25) is 5.02 Å². The van der Waals surface area contributed by atoms with Crippen LogP contribution >= 0.6 is 11.6 Å². The molecule has 2 heterocycles. The van der Waals surface area contributed by atoms with Gasteiger partial charge in [0.1, 0.15) is 12.2 Å².